The zero-order valence-corrected chi connectivity index (χ0v) is 11.7. The SMILES string of the molecule is O=S(=O)(/C=C/c1ccc(Br)cc1)c1ccccn1. The van der Waals surface area contributed by atoms with Crippen LogP contribution >= 0.6 is 15.9 Å². The fourth-order valence-corrected chi connectivity index (χ4v) is 2.54. The van der Waals surface area contributed by atoms with Crippen LogP contribution in [-0.4, -0.2) is 13.4 Å². The van der Waals surface area contributed by atoms with Crippen molar-refractivity contribution in [2.75, 3.05) is 0 Å². The molecule has 0 saturated carbocycles. The van der Waals surface area contributed by atoms with Gasteiger partial charge in [0.1, 0.15) is 0 Å². The summed E-state index contributed by atoms with van der Waals surface area (Å²) in [5.41, 5.74) is 0.817. The number of aromatic nitrogens is 1. The second-order valence-electron chi connectivity index (χ2n) is 3.57. The summed E-state index contributed by atoms with van der Waals surface area (Å²) in [6.07, 6.45) is 3.01. The van der Waals surface area contributed by atoms with Gasteiger partial charge in [-0.1, -0.05) is 34.1 Å². The van der Waals surface area contributed by atoms with Gasteiger partial charge in [0.15, 0.2) is 5.03 Å². The van der Waals surface area contributed by atoms with E-state index in [2.05, 4.69) is 20.9 Å². The molecule has 0 N–H and O–H groups in total. The first-order valence-corrected chi connectivity index (χ1v) is 7.52. The van der Waals surface area contributed by atoms with Crippen molar-refractivity contribution in [3.05, 3.63) is 64.1 Å². The number of benzene rings is 1. The van der Waals surface area contributed by atoms with Crippen molar-refractivity contribution >= 4 is 31.8 Å². The topological polar surface area (TPSA) is 47.0 Å². The smallest absolute Gasteiger partial charge is 0.217 e. The lowest BCUT2D eigenvalue weighted by molar-refractivity contribution is 0.601. The number of sulfone groups is 1. The van der Waals surface area contributed by atoms with E-state index in [0.717, 1.165) is 10.0 Å². The first kappa shape index (κ1) is 13.0. The van der Waals surface area contributed by atoms with Crippen molar-refractivity contribution in [1.29, 1.82) is 0 Å². The average Bonchev–Trinajstić information content (AvgIpc) is 2.39. The lowest BCUT2D eigenvalue weighted by Crippen LogP contribution is -1.98. The Hall–Kier alpha value is -1.46. The van der Waals surface area contributed by atoms with Gasteiger partial charge in [0.25, 0.3) is 0 Å². The van der Waals surface area contributed by atoms with E-state index in [1.165, 1.54) is 17.7 Å². The minimum atomic E-state index is -3.47. The molecule has 0 radical (unpaired) electrons. The lowest BCUT2D eigenvalue weighted by atomic mass is 10.2. The molecular formula is C13H10BrNO2S. The molecular weight excluding hydrogens is 314 g/mol. The third kappa shape index (κ3) is 3.27. The Morgan fingerprint density at radius 1 is 1.06 bits per heavy atom. The summed E-state index contributed by atoms with van der Waals surface area (Å²) >= 11 is 3.32. The molecule has 0 aliphatic carbocycles. The van der Waals surface area contributed by atoms with Crippen molar-refractivity contribution in [3.8, 4) is 0 Å². The maximum atomic E-state index is 11.9. The molecule has 0 saturated heterocycles. The Bertz CT molecular complexity index is 649. The van der Waals surface area contributed by atoms with Crippen molar-refractivity contribution in [1.82, 2.24) is 4.98 Å². The highest BCUT2D eigenvalue weighted by atomic mass is 79.9. The summed E-state index contributed by atoms with van der Waals surface area (Å²) in [6, 6.07) is 12.2. The van der Waals surface area contributed by atoms with Crippen molar-refractivity contribution in [3.63, 3.8) is 0 Å². The highest BCUT2D eigenvalue weighted by Gasteiger charge is 2.10. The largest absolute Gasteiger partial charge is 0.244 e. The van der Waals surface area contributed by atoms with Gasteiger partial charge in [-0.05, 0) is 35.9 Å². The van der Waals surface area contributed by atoms with E-state index in [9.17, 15) is 8.42 Å². The Morgan fingerprint density at radius 3 is 2.39 bits per heavy atom. The van der Waals surface area contributed by atoms with E-state index >= 15 is 0 Å². The van der Waals surface area contributed by atoms with Crippen molar-refractivity contribution in [2.24, 2.45) is 0 Å². The molecule has 0 spiro atoms. The molecule has 2 aromatic rings. The van der Waals surface area contributed by atoms with Gasteiger partial charge in [-0.2, -0.15) is 0 Å². The third-order valence-electron chi connectivity index (χ3n) is 2.24. The third-order valence-corrected chi connectivity index (χ3v) is 4.09. The first-order chi connectivity index (χ1) is 8.58. The molecule has 0 aliphatic rings. The highest BCUT2D eigenvalue weighted by Crippen LogP contribution is 2.14. The van der Waals surface area contributed by atoms with Gasteiger partial charge < -0.3 is 0 Å². The molecule has 1 aromatic heterocycles. The Labute approximate surface area is 114 Å². The number of halogens is 1. The van der Waals surface area contributed by atoms with Crippen molar-refractivity contribution in [2.45, 2.75) is 5.03 Å². The molecule has 2 rings (SSSR count). The molecule has 0 amide bonds. The van der Waals surface area contributed by atoms with E-state index in [1.807, 2.05) is 24.3 Å². The molecule has 3 nitrogen and oxygen atoms in total. The van der Waals surface area contributed by atoms with E-state index in [-0.39, 0.29) is 5.03 Å². The second kappa shape index (κ2) is 5.46. The van der Waals surface area contributed by atoms with Crippen LogP contribution in [0.2, 0.25) is 0 Å². The summed E-state index contributed by atoms with van der Waals surface area (Å²) < 4.78 is 24.8. The lowest BCUT2D eigenvalue weighted by Gasteiger charge is -1.97. The second-order valence-corrected chi connectivity index (χ2v) is 6.26. The maximum absolute atomic E-state index is 11.9. The number of nitrogens with zero attached hydrogens (tertiary/aromatic N) is 1. The van der Waals surface area contributed by atoms with Gasteiger partial charge >= 0.3 is 0 Å². The van der Waals surface area contributed by atoms with Crippen LogP contribution in [0, 0.1) is 0 Å². The molecule has 1 aromatic carbocycles. The summed E-state index contributed by atoms with van der Waals surface area (Å²) in [4.78, 5) is 3.83. The zero-order valence-electron chi connectivity index (χ0n) is 9.32. The normalized spacial score (nSPS) is 11.8. The van der Waals surface area contributed by atoms with Crippen LogP contribution in [0.25, 0.3) is 6.08 Å². The van der Waals surface area contributed by atoms with Crippen molar-refractivity contribution < 1.29 is 8.42 Å². The van der Waals surface area contributed by atoms with Gasteiger partial charge in [-0.3, -0.25) is 0 Å². The Kier molecular flexibility index (Phi) is 3.93. The fraction of sp³-hybridized carbons (Fsp3) is 0. The summed E-state index contributed by atoms with van der Waals surface area (Å²) in [5, 5.41) is 1.22. The van der Waals surface area contributed by atoms with E-state index in [0.29, 0.717) is 0 Å². The monoisotopic (exact) mass is 323 g/mol. The van der Waals surface area contributed by atoms with Crippen LogP contribution in [0.5, 0.6) is 0 Å². The van der Waals surface area contributed by atoms with Crippen LogP contribution in [0.15, 0.2) is 63.6 Å². The van der Waals surface area contributed by atoms with Crippen LogP contribution in [0.3, 0.4) is 0 Å². The van der Waals surface area contributed by atoms with E-state index in [1.54, 1.807) is 18.2 Å². The van der Waals surface area contributed by atoms with Gasteiger partial charge in [0.05, 0.1) is 0 Å². The number of rotatable bonds is 3. The molecule has 0 fully saturated rings. The van der Waals surface area contributed by atoms with Gasteiger partial charge in [0, 0.05) is 16.1 Å². The predicted octanol–water partition coefficient (Wildman–Crippen LogP) is 3.29. The highest BCUT2D eigenvalue weighted by molar-refractivity contribution is 9.10. The quantitative estimate of drug-likeness (QED) is 0.870. The predicted molar refractivity (Wildman–Crippen MR) is 74.6 cm³/mol. The van der Waals surface area contributed by atoms with Crippen LogP contribution in [-0.2, 0) is 9.84 Å². The number of pyridine rings is 1. The standard InChI is InChI=1S/C13H10BrNO2S/c14-12-6-4-11(5-7-12)8-10-18(16,17)13-3-1-2-9-15-13/h1-10H/b10-8+. The molecule has 0 bridgehead atoms. The van der Waals surface area contributed by atoms with Gasteiger partial charge in [-0.25, -0.2) is 13.4 Å². The molecule has 0 atom stereocenters. The summed E-state index contributed by atoms with van der Waals surface area (Å²) in [7, 11) is -3.47. The molecule has 92 valence electrons. The molecule has 1 heterocycles. The Morgan fingerprint density at radius 2 is 1.78 bits per heavy atom. The van der Waals surface area contributed by atoms with E-state index in [4.69, 9.17) is 0 Å². The first-order valence-electron chi connectivity index (χ1n) is 5.18. The van der Waals surface area contributed by atoms with Crippen LogP contribution in [0.1, 0.15) is 5.56 Å². The van der Waals surface area contributed by atoms with Gasteiger partial charge in [0.2, 0.25) is 9.84 Å². The minimum absolute atomic E-state index is 0.0540. The zero-order chi connectivity index (χ0) is 13.0. The number of hydrogen-bond acceptors (Lipinski definition) is 3. The fourth-order valence-electron chi connectivity index (χ4n) is 1.33. The minimum Gasteiger partial charge on any atom is -0.244 e. The number of hydrogen-bond donors (Lipinski definition) is 0. The summed E-state index contributed by atoms with van der Waals surface area (Å²) in [6.45, 7) is 0. The summed E-state index contributed by atoms with van der Waals surface area (Å²) in [5.74, 6) is 0. The van der Waals surface area contributed by atoms with E-state index < -0.39 is 9.84 Å². The average molecular weight is 324 g/mol. The maximum Gasteiger partial charge on any atom is 0.217 e. The van der Waals surface area contributed by atoms with Crippen LogP contribution < -0.4 is 0 Å². The Balaban J connectivity index is 2.26. The molecule has 0 unspecified atom stereocenters. The van der Waals surface area contributed by atoms with Crippen LogP contribution in [0.4, 0.5) is 0 Å². The molecule has 0 aliphatic heterocycles. The van der Waals surface area contributed by atoms with Gasteiger partial charge in [-0.15, -0.1) is 0 Å². The molecule has 18 heavy (non-hydrogen) atoms. The molecule has 5 heteroatoms.